The van der Waals surface area contributed by atoms with Crippen molar-refractivity contribution >= 4 is 5.91 Å². The second kappa shape index (κ2) is 8.48. The molecule has 0 spiro atoms. The van der Waals surface area contributed by atoms with Gasteiger partial charge in [0, 0.05) is 19.6 Å². The van der Waals surface area contributed by atoms with Crippen molar-refractivity contribution in [3.63, 3.8) is 0 Å². The van der Waals surface area contributed by atoms with Crippen LogP contribution in [0.25, 0.3) is 0 Å². The molecule has 1 amide bonds. The highest BCUT2D eigenvalue weighted by atomic mass is 16.5. The molecule has 0 radical (unpaired) electrons. The second-order valence-corrected chi connectivity index (χ2v) is 4.92. The summed E-state index contributed by atoms with van der Waals surface area (Å²) in [5.41, 5.74) is -0.993. The number of methoxy groups -OCH3 is 1. The fraction of sp³-hybridized carbons (Fsp3) is 0.923. The monoisotopic (exact) mass is 245 g/mol. The van der Waals surface area contributed by atoms with Gasteiger partial charge in [0.1, 0.15) is 5.60 Å². The summed E-state index contributed by atoms with van der Waals surface area (Å²) in [4.78, 5) is 11.9. The van der Waals surface area contributed by atoms with Gasteiger partial charge in [0.25, 0.3) is 0 Å². The molecule has 0 aliphatic rings. The first-order valence-electron chi connectivity index (χ1n) is 6.45. The van der Waals surface area contributed by atoms with E-state index in [0.717, 1.165) is 25.7 Å². The van der Waals surface area contributed by atoms with E-state index >= 15 is 0 Å². The number of amides is 1. The smallest absolute Gasteiger partial charge is 0.223 e. The van der Waals surface area contributed by atoms with Gasteiger partial charge in [0.05, 0.1) is 6.61 Å². The third-order valence-electron chi connectivity index (χ3n) is 2.74. The first kappa shape index (κ1) is 16.4. The summed E-state index contributed by atoms with van der Waals surface area (Å²) in [6.45, 7) is 6.28. The summed E-state index contributed by atoms with van der Waals surface area (Å²) in [6, 6.07) is 0. The predicted molar refractivity (Wildman–Crippen MR) is 68.8 cm³/mol. The number of carbonyl (C=O) groups excluding carboxylic acids is 1. The van der Waals surface area contributed by atoms with Crippen molar-refractivity contribution in [1.82, 2.24) is 5.32 Å². The minimum absolute atomic E-state index is 0.0464. The molecule has 0 saturated heterocycles. The average molecular weight is 245 g/mol. The van der Waals surface area contributed by atoms with Gasteiger partial charge in [0.15, 0.2) is 0 Å². The summed E-state index contributed by atoms with van der Waals surface area (Å²) >= 11 is 0. The molecule has 0 aromatic rings. The zero-order valence-electron chi connectivity index (χ0n) is 11.6. The summed E-state index contributed by atoms with van der Waals surface area (Å²) < 4.78 is 4.89. The van der Waals surface area contributed by atoms with Gasteiger partial charge in [0.2, 0.25) is 5.91 Å². The van der Waals surface area contributed by atoms with Crippen LogP contribution in [0.3, 0.4) is 0 Å². The van der Waals surface area contributed by atoms with Crippen LogP contribution in [0, 0.1) is 5.92 Å². The molecule has 1 atom stereocenters. The number of aliphatic hydroxyl groups is 1. The van der Waals surface area contributed by atoms with E-state index in [2.05, 4.69) is 19.2 Å². The minimum atomic E-state index is -0.993. The Bertz CT molecular complexity index is 211. The van der Waals surface area contributed by atoms with E-state index in [1.807, 2.05) is 0 Å². The van der Waals surface area contributed by atoms with Crippen molar-refractivity contribution in [2.45, 2.75) is 52.1 Å². The number of ether oxygens (including phenoxy) is 1. The van der Waals surface area contributed by atoms with E-state index in [-0.39, 0.29) is 25.0 Å². The maximum atomic E-state index is 11.9. The highest BCUT2D eigenvalue weighted by Crippen LogP contribution is 2.14. The van der Waals surface area contributed by atoms with E-state index in [0.29, 0.717) is 0 Å². The van der Waals surface area contributed by atoms with Gasteiger partial charge >= 0.3 is 0 Å². The fourth-order valence-electron chi connectivity index (χ4n) is 1.89. The molecule has 102 valence electrons. The molecule has 2 N–H and O–H groups in total. The first-order valence-corrected chi connectivity index (χ1v) is 6.45. The number of hydrogen-bond donors (Lipinski definition) is 2. The Kier molecular flexibility index (Phi) is 8.17. The predicted octanol–water partition coefficient (Wildman–Crippen LogP) is 1.72. The van der Waals surface area contributed by atoms with Gasteiger partial charge in [-0.2, -0.15) is 0 Å². The third kappa shape index (κ3) is 7.34. The Morgan fingerprint density at radius 2 is 1.88 bits per heavy atom. The van der Waals surface area contributed by atoms with Crippen molar-refractivity contribution in [1.29, 1.82) is 0 Å². The Balaban J connectivity index is 4.12. The van der Waals surface area contributed by atoms with Gasteiger partial charge in [-0.3, -0.25) is 4.79 Å². The Hall–Kier alpha value is -0.610. The van der Waals surface area contributed by atoms with Crippen LogP contribution in [-0.4, -0.2) is 36.9 Å². The van der Waals surface area contributed by atoms with E-state index in [4.69, 9.17) is 4.74 Å². The van der Waals surface area contributed by atoms with Crippen LogP contribution in [0.4, 0.5) is 0 Å². The van der Waals surface area contributed by atoms with E-state index < -0.39 is 5.60 Å². The van der Waals surface area contributed by atoms with Crippen molar-refractivity contribution in [3.05, 3.63) is 0 Å². The van der Waals surface area contributed by atoms with E-state index in [1.54, 1.807) is 6.92 Å². The number of hydrogen-bond acceptors (Lipinski definition) is 3. The van der Waals surface area contributed by atoms with Crippen LogP contribution in [0.15, 0.2) is 0 Å². The van der Waals surface area contributed by atoms with E-state index in [1.165, 1.54) is 7.11 Å². The topological polar surface area (TPSA) is 58.6 Å². The molecule has 1 unspecified atom stereocenters. The van der Waals surface area contributed by atoms with Gasteiger partial charge < -0.3 is 15.2 Å². The van der Waals surface area contributed by atoms with Crippen LogP contribution < -0.4 is 5.32 Å². The van der Waals surface area contributed by atoms with Gasteiger partial charge in [-0.05, 0) is 19.8 Å². The second-order valence-electron chi connectivity index (χ2n) is 4.92. The molecule has 17 heavy (non-hydrogen) atoms. The highest BCUT2D eigenvalue weighted by Gasteiger charge is 2.23. The normalized spacial score (nSPS) is 14.7. The largest absolute Gasteiger partial charge is 0.386 e. The molecule has 4 nitrogen and oxygen atoms in total. The van der Waals surface area contributed by atoms with Crippen LogP contribution in [0.2, 0.25) is 0 Å². The van der Waals surface area contributed by atoms with Crippen LogP contribution >= 0.6 is 0 Å². The molecule has 0 aliphatic heterocycles. The van der Waals surface area contributed by atoms with Crippen LogP contribution in [0.1, 0.15) is 46.5 Å². The molecule has 0 aliphatic carbocycles. The first-order chi connectivity index (χ1) is 7.96. The van der Waals surface area contributed by atoms with Crippen molar-refractivity contribution < 1.29 is 14.6 Å². The summed E-state index contributed by atoms with van der Waals surface area (Å²) in [6.07, 6.45) is 3.83. The minimum Gasteiger partial charge on any atom is -0.386 e. The Labute approximate surface area is 105 Å². The molecule has 0 fully saturated rings. The molecule has 0 aromatic carbocycles. The maximum Gasteiger partial charge on any atom is 0.223 e. The van der Waals surface area contributed by atoms with Gasteiger partial charge in [-0.1, -0.05) is 26.7 Å². The Morgan fingerprint density at radius 1 is 1.35 bits per heavy atom. The zero-order chi connectivity index (χ0) is 13.3. The van der Waals surface area contributed by atoms with E-state index in [9.17, 15) is 9.90 Å². The van der Waals surface area contributed by atoms with Crippen LogP contribution in [-0.2, 0) is 9.53 Å². The Morgan fingerprint density at radius 3 is 2.29 bits per heavy atom. The SMILES string of the molecule is CCCC(CCC)C(=O)NCC(C)(O)COC. The third-order valence-corrected chi connectivity index (χ3v) is 2.74. The van der Waals surface area contributed by atoms with Crippen LogP contribution in [0.5, 0.6) is 0 Å². The van der Waals surface area contributed by atoms with Crippen molar-refractivity contribution in [2.75, 3.05) is 20.3 Å². The number of nitrogens with one attached hydrogen (secondary N) is 1. The molecule has 4 heteroatoms. The summed E-state index contributed by atoms with van der Waals surface area (Å²) in [5.74, 6) is 0.119. The molecule has 0 saturated carbocycles. The lowest BCUT2D eigenvalue weighted by atomic mass is 9.97. The lowest BCUT2D eigenvalue weighted by molar-refractivity contribution is -0.127. The van der Waals surface area contributed by atoms with Gasteiger partial charge in [-0.15, -0.1) is 0 Å². The van der Waals surface area contributed by atoms with Crippen molar-refractivity contribution in [2.24, 2.45) is 5.92 Å². The van der Waals surface area contributed by atoms with Gasteiger partial charge in [-0.25, -0.2) is 0 Å². The molecule has 0 rings (SSSR count). The molecule has 0 bridgehead atoms. The molecular weight excluding hydrogens is 218 g/mol. The number of carbonyl (C=O) groups is 1. The quantitative estimate of drug-likeness (QED) is 0.650. The fourth-order valence-corrected chi connectivity index (χ4v) is 1.89. The zero-order valence-corrected chi connectivity index (χ0v) is 11.6. The summed E-state index contributed by atoms with van der Waals surface area (Å²) in [7, 11) is 1.53. The summed E-state index contributed by atoms with van der Waals surface area (Å²) in [5, 5.41) is 12.7. The lowest BCUT2D eigenvalue weighted by Gasteiger charge is -2.24. The number of rotatable bonds is 9. The van der Waals surface area contributed by atoms with Crippen molar-refractivity contribution in [3.8, 4) is 0 Å². The molecule has 0 heterocycles. The highest BCUT2D eigenvalue weighted by molar-refractivity contribution is 5.78. The average Bonchev–Trinajstić information content (AvgIpc) is 2.26. The lowest BCUT2D eigenvalue weighted by Crippen LogP contribution is -2.45. The maximum absolute atomic E-state index is 11.9. The molecular formula is C13H27NO3. The standard InChI is InChI=1S/C13H27NO3/c1-5-7-11(8-6-2)12(15)14-9-13(3,16)10-17-4/h11,16H,5-10H2,1-4H3,(H,14,15). The molecule has 0 aromatic heterocycles.